The lowest BCUT2D eigenvalue weighted by molar-refractivity contribution is 0.0978. The van der Waals surface area contributed by atoms with Crippen LogP contribution in [0, 0.1) is 0 Å². The van der Waals surface area contributed by atoms with Gasteiger partial charge < -0.3 is 4.90 Å². The molecule has 0 atom stereocenters. The maximum atomic E-state index is 13.2. The summed E-state index contributed by atoms with van der Waals surface area (Å²) in [7, 11) is -4.58. The second-order valence-corrected chi connectivity index (χ2v) is 8.57. The van der Waals surface area contributed by atoms with E-state index in [9.17, 15) is 22.6 Å². The molecule has 134 valence electrons. The van der Waals surface area contributed by atoms with E-state index < -0.39 is 15.9 Å². The molecular weight excluding hydrogens is 422 g/mol. The Balaban J connectivity index is 2.11. The van der Waals surface area contributed by atoms with Gasteiger partial charge in [-0.25, -0.2) is 0 Å². The van der Waals surface area contributed by atoms with Gasteiger partial charge in [0.15, 0.2) is 11.6 Å². The number of carbonyl (C=O) groups is 2. The van der Waals surface area contributed by atoms with Gasteiger partial charge in [-0.3, -0.25) is 14.1 Å². The van der Waals surface area contributed by atoms with Gasteiger partial charge in [-0.1, -0.05) is 24.3 Å². The van der Waals surface area contributed by atoms with Crippen LogP contribution in [-0.2, 0) is 10.1 Å². The molecule has 2 aliphatic rings. The Morgan fingerprint density at radius 2 is 1.50 bits per heavy atom. The number of ketones is 2. The number of halogens is 1. The van der Waals surface area contributed by atoms with E-state index in [1.807, 2.05) is 0 Å². The molecule has 4 rings (SSSR count). The molecule has 1 fully saturated rings. The summed E-state index contributed by atoms with van der Waals surface area (Å²) in [4.78, 5) is 27.6. The quantitative estimate of drug-likeness (QED) is 0.621. The molecule has 0 bridgehead atoms. The minimum absolute atomic E-state index is 0.0394. The number of hydrogen-bond donors (Lipinski definition) is 1. The summed E-state index contributed by atoms with van der Waals surface area (Å²) in [5.74, 6) is -0.757. The number of hydrogen-bond acceptors (Lipinski definition) is 5. The van der Waals surface area contributed by atoms with E-state index in [4.69, 9.17) is 0 Å². The van der Waals surface area contributed by atoms with E-state index in [-0.39, 0.29) is 43.1 Å². The van der Waals surface area contributed by atoms with Crippen molar-refractivity contribution in [3.8, 4) is 0 Å². The standard InChI is InChI=1S/C18H14BrNO5S/c19-12-9-13(26(23,24)25)16(20-7-3-4-8-20)15-14(12)17(21)10-5-1-2-6-11(10)18(15)22/h1-2,5-6,9H,3-4,7-8H2,(H,23,24,25). The molecule has 8 heteroatoms. The number of anilines is 1. The highest BCUT2D eigenvalue weighted by atomic mass is 79.9. The topological polar surface area (TPSA) is 91.8 Å². The van der Waals surface area contributed by atoms with Crippen LogP contribution in [0.3, 0.4) is 0 Å². The fourth-order valence-electron chi connectivity index (χ4n) is 3.66. The highest BCUT2D eigenvalue weighted by Crippen LogP contribution is 2.42. The van der Waals surface area contributed by atoms with Crippen molar-refractivity contribution >= 4 is 43.3 Å². The van der Waals surface area contributed by atoms with Crippen molar-refractivity contribution in [1.29, 1.82) is 0 Å². The number of carbonyl (C=O) groups excluding carboxylic acids is 2. The first-order valence-electron chi connectivity index (χ1n) is 8.08. The molecule has 1 aliphatic carbocycles. The molecule has 1 heterocycles. The van der Waals surface area contributed by atoms with Gasteiger partial charge in [-0.2, -0.15) is 8.42 Å². The molecule has 0 unspecified atom stereocenters. The van der Waals surface area contributed by atoms with E-state index >= 15 is 0 Å². The molecule has 1 N–H and O–H groups in total. The molecule has 0 spiro atoms. The summed E-state index contributed by atoms with van der Waals surface area (Å²) in [6, 6.07) is 7.68. The summed E-state index contributed by atoms with van der Waals surface area (Å²) >= 11 is 3.22. The Kier molecular flexibility index (Phi) is 4.02. The van der Waals surface area contributed by atoms with Gasteiger partial charge in [-0.05, 0) is 34.8 Å². The minimum Gasteiger partial charge on any atom is -0.370 e. The third kappa shape index (κ3) is 2.52. The van der Waals surface area contributed by atoms with Gasteiger partial charge >= 0.3 is 0 Å². The van der Waals surface area contributed by atoms with Gasteiger partial charge in [0.25, 0.3) is 10.1 Å². The summed E-state index contributed by atoms with van der Waals surface area (Å²) in [6.45, 7) is 1.11. The average molecular weight is 436 g/mol. The first-order chi connectivity index (χ1) is 12.3. The molecule has 2 aromatic rings. The van der Waals surface area contributed by atoms with Gasteiger partial charge in [0, 0.05) is 28.7 Å². The Bertz CT molecular complexity index is 1070. The molecule has 1 aliphatic heterocycles. The van der Waals surface area contributed by atoms with E-state index in [0.717, 1.165) is 12.8 Å². The number of nitrogens with zero attached hydrogens (tertiary/aromatic N) is 1. The maximum absolute atomic E-state index is 13.2. The van der Waals surface area contributed by atoms with Crippen LogP contribution in [0.15, 0.2) is 39.7 Å². The van der Waals surface area contributed by atoms with E-state index in [1.54, 1.807) is 29.2 Å². The molecule has 6 nitrogen and oxygen atoms in total. The number of rotatable bonds is 2. The lowest BCUT2D eigenvalue weighted by Gasteiger charge is -2.28. The molecule has 2 aromatic carbocycles. The first kappa shape index (κ1) is 17.4. The largest absolute Gasteiger partial charge is 0.370 e. The molecule has 1 saturated heterocycles. The predicted molar refractivity (Wildman–Crippen MR) is 98.7 cm³/mol. The van der Waals surface area contributed by atoms with Gasteiger partial charge in [0.05, 0.1) is 16.8 Å². The van der Waals surface area contributed by atoms with Crippen molar-refractivity contribution in [2.45, 2.75) is 17.7 Å². The van der Waals surface area contributed by atoms with Crippen molar-refractivity contribution < 1.29 is 22.6 Å². The van der Waals surface area contributed by atoms with Crippen molar-refractivity contribution in [3.63, 3.8) is 0 Å². The van der Waals surface area contributed by atoms with Crippen LogP contribution in [0.1, 0.15) is 44.7 Å². The SMILES string of the molecule is O=C1c2ccccc2C(=O)c2c1c(Br)cc(S(=O)(=O)O)c2N1CCCC1. The molecule has 0 aromatic heterocycles. The highest BCUT2D eigenvalue weighted by Gasteiger charge is 2.38. The fraction of sp³-hybridized carbons (Fsp3) is 0.222. The summed E-state index contributed by atoms with van der Waals surface area (Å²) < 4.78 is 33.9. The van der Waals surface area contributed by atoms with Crippen molar-refractivity contribution in [1.82, 2.24) is 0 Å². The predicted octanol–water partition coefficient (Wildman–Crippen LogP) is 3.07. The second-order valence-electron chi connectivity index (χ2n) is 6.33. The smallest absolute Gasteiger partial charge is 0.296 e. The number of fused-ring (bicyclic) bond motifs is 2. The fourth-order valence-corrected chi connectivity index (χ4v) is 5.16. The molecule has 0 saturated carbocycles. The third-order valence-electron chi connectivity index (χ3n) is 4.79. The minimum atomic E-state index is -4.58. The highest BCUT2D eigenvalue weighted by molar-refractivity contribution is 9.10. The lowest BCUT2D eigenvalue weighted by atomic mass is 9.83. The van der Waals surface area contributed by atoms with Crippen LogP contribution in [0.25, 0.3) is 0 Å². The first-order valence-corrected chi connectivity index (χ1v) is 10.3. The van der Waals surface area contributed by atoms with Gasteiger partial charge in [0.2, 0.25) is 0 Å². The zero-order chi connectivity index (χ0) is 18.6. The second kappa shape index (κ2) is 6.00. The Hall–Kier alpha value is -2.03. The van der Waals surface area contributed by atoms with Gasteiger partial charge in [0.1, 0.15) is 4.90 Å². The molecule has 0 radical (unpaired) electrons. The van der Waals surface area contributed by atoms with Crippen LogP contribution >= 0.6 is 15.9 Å². The van der Waals surface area contributed by atoms with Crippen LogP contribution in [0.2, 0.25) is 0 Å². The maximum Gasteiger partial charge on any atom is 0.296 e. The molecule has 0 amide bonds. The normalized spacial score (nSPS) is 16.6. The van der Waals surface area contributed by atoms with E-state index in [2.05, 4.69) is 15.9 Å². The third-order valence-corrected chi connectivity index (χ3v) is 6.28. The van der Waals surface area contributed by atoms with Gasteiger partial charge in [-0.15, -0.1) is 0 Å². The summed E-state index contributed by atoms with van der Waals surface area (Å²) in [5, 5.41) is 0. The Morgan fingerprint density at radius 3 is 2.04 bits per heavy atom. The Labute approximate surface area is 158 Å². The zero-order valence-electron chi connectivity index (χ0n) is 13.5. The average Bonchev–Trinajstić information content (AvgIpc) is 3.12. The molecular formula is C18H14BrNO5S. The number of benzene rings is 2. The monoisotopic (exact) mass is 435 g/mol. The lowest BCUT2D eigenvalue weighted by Crippen LogP contribution is -2.29. The van der Waals surface area contributed by atoms with E-state index in [1.165, 1.54) is 6.07 Å². The van der Waals surface area contributed by atoms with Crippen molar-refractivity contribution in [2.75, 3.05) is 18.0 Å². The van der Waals surface area contributed by atoms with Crippen LogP contribution in [0.5, 0.6) is 0 Å². The molecule has 26 heavy (non-hydrogen) atoms. The summed E-state index contributed by atoms with van der Waals surface area (Å²) in [5.41, 5.74) is 0.833. The van der Waals surface area contributed by atoms with Crippen molar-refractivity contribution in [3.05, 3.63) is 57.1 Å². The van der Waals surface area contributed by atoms with Crippen LogP contribution in [0.4, 0.5) is 5.69 Å². The zero-order valence-corrected chi connectivity index (χ0v) is 15.9. The Morgan fingerprint density at radius 1 is 0.962 bits per heavy atom. The van der Waals surface area contributed by atoms with Crippen molar-refractivity contribution in [2.24, 2.45) is 0 Å². The summed E-state index contributed by atoms with van der Waals surface area (Å²) in [6.07, 6.45) is 1.68. The van der Waals surface area contributed by atoms with E-state index in [0.29, 0.717) is 13.1 Å². The van der Waals surface area contributed by atoms with Crippen LogP contribution < -0.4 is 4.90 Å². The van der Waals surface area contributed by atoms with Crippen LogP contribution in [-0.4, -0.2) is 37.6 Å².